The zero-order valence-corrected chi connectivity index (χ0v) is 12.9. The first kappa shape index (κ1) is 15.5. The number of rotatable bonds is 6. The number of ether oxygens (including phenoxy) is 1. The first-order valence-electron chi connectivity index (χ1n) is 7.10. The predicted octanol–water partition coefficient (Wildman–Crippen LogP) is 2.53. The third-order valence-electron chi connectivity index (χ3n) is 3.64. The van der Waals surface area contributed by atoms with E-state index in [1.807, 2.05) is 31.3 Å². The molecule has 1 aromatic heterocycles. The van der Waals surface area contributed by atoms with E-state index in [4.69, 9.17) is 10.5 Å². The molecule has 21 heavy (non-hydrogen) atoms. The Kier molecular flexibility index (Phi) is 5.31. The summed E-state index contributed by atoms with van der Waals surface area (Å²) in [6.45, 7) is 3.36. The van der Waals surface area contributed by atoms with Gasteiger partial charge in [-0.2, -0.15) is 0 Å². The molecule has 4 heteroatoms. The van der Waals surface area contributed by atoms with Crippen molar-refractivity contribution in [3.8, 4) is 5.75 Å². The molecule has 1 unspecified atom stereocenters. The van der Waals surface area contributed by atoms with Gasteiger partial charge in [-0.05, 0) is 43.3 Å². The Labute approximate surface area is 126 Å². The highest BCUT2D eigenvalue weighted by molar-refractivity contribution is 5.28. The molecule has 0 saturated carbocycles. The first-order chi connectivity index (χ1) is 10.1. The van der Waals surface area contributed by atoms with Crippen molar-refractivity contribution < 1.29 is 4.74 Å². The third kappa shape index (κ3) is 4.03. The van der Waals surface area contributed by atoms with Gasteiger partial charge in [0.1, 0.15) is 5.75 Å². The molecular weight excluding hydrogens is 262 g/mol. The summed E-state index contributed by atoms with van der Waals surface area (Å²) in [5, 5.41) is 0. The number of benzene rings is 1. The molecule has 112 valence electrons. The van der Waals surface area contributed by atoms with Crippen LogP contribution in [-0.2, 0) is 6.54 Å². The fourth-order valence-corrected chi connectivity index (χ4v) is 2.42. The second-order valence-corrected chi connectivity index (χ2v) is 5.25. The number of aryl methyl sites for hydroxylation is 1. The summed E-state index contributed by atoms with van der Waals surface area (Å²) in [4.78, 5) is 6.60. The van der Waals surface area contributed by atoms with Gasteiger partial charge in [0.15, 0.2) is 0 Å². The first-order valence-corrected chi connectivity index (χ1v) is 7.10. The van der Waals surface area contributed by atoms with E-state index in [1.54, 1.807) is 7.11 Å². The highest BCUT2D eigenvalue weighted by Gasteiger charge is 2.16. The van der Waals surface area contributed by atoms with Gasteiger partial charge in [-0.15, -0.1) is 0 Å². The van der Waals surface area contributed by atoms with E-state index in [-0.39, 0.29) is 6.04 Å². The maximum atomic E-state index is 5.96. The maximum Gasteiger partial charge on any atom is 0.119 e. The lowest BCUT2D eigenvalue weighted by atomic mass is 10.1. The second kappa shape index (κ2) is 7.20. The molecular formula is C17H23N3O. The number of aromatic nitrogens is 1. The fraction of sp³-hybridized carbons (Fsp3) is 0.353. The largest absolute Gasteiger partial charge is 0.497 e. The van der Waals surface area contributed by atoms with Gasteiger partial charge in [0.25, 0.3) is 0 Å². The minimum atomic E-state index is 0.157. The second-order valence-electron chi connectivity index (χ2n) is 5.25. The number of hydrogen-bond acceptors (Lipinski definition) is 4. The molecule has 1 heterocycles. The standard InChI is InChI=1S/C17H23N3O/c1-13-7-8-15(11-19-13)17(10-18)20(2)12-14-5-4-6-16(9-14)21-3/h4-9,11,17H,10,12,18H2,1-3H3. The van der Waals surface area contributed by atoms with Gasteiger partial charge < -0.3 is 10.5 Å². The van der Waals surface area contributed by atoms with Crippen LogP contribution in [0.3, 0.4) is 0 Å². The smallest absolute Gasteiger partial charge is 0.119 e. The van der Waals surface area contributed by atoms with Gasteiger partial charge in [-0.25, -0.2) is 0 Å². The van der Waals surface area contributed by atoms with E-state index in [0.717, 1.165) is 23.6 Å². The number of hydrogen-bond donors (Lipinski definition) is 1. The van der Waals surface area contributed by atoms with Crippen LogP contribution in [0.2, 0.25) is 0 Å². The molecule has 2 rings (SSSR count). The molecule has 0 aliphatic rings. The Morgan fingerprint density at radius 1 is 1.29 bits per heavy atom. The van der Waals surface area contributed by atoms with E-state index in [2.05, 4.69) is 35.1 Å². The lowest BCUT2D eigenvalue weighted by molar-refractivity contribution is 0.241. The zero-order valence-electron chi connectivity index (χ0n) is 12.9. The summed E-state index contributed by atoms with van der Waals surface area (Å²) < 4.78 is 5.27. The molecule has 1 atom stereocenters. The monoisotopic (exact) mass is 285 g/mol. The van der Waals surface area contributed by atoms with E-state index in [1.165, 1.54) is 5.56 Å². The maximum absolute atomic E-state index is 5.96. The van der Waals surface area contributed by atoms with E-state index >= 15 is 0 Å². The van der Waals surface area contributed by atoms with Crippen LogP contribution in [0.4, 0.5) is 0 Å². The number of likely N-dealkylation sites (N-methyl/N-ethyl adjacent to an activating group) is 1. The van der Waals surface area contributed by atoms with E-state index < -0.39 is 0 Å². The lowest BCUT2D eigenvalue weighted by Gasteiger charge is -2.27. The molecule has 4 nitrogen and oxygen atoms in total. The zero-order chi connectivity index (χ0) is 15.2. The molecule has 0 saturated heterocycles. The van der Waals surface area contributed by atoms with Gasteiger partial charge >= 0.3 is 0 Å². The summed E-state index contributed by atoms with van der Waals surface area (Å²) >= 11 is 0. The molecule has 0 aliphatic carbocycles. The van der Waals surface area contributed by atoms with Crippen LogP contribution in [0.15, 0.2) is 42.6 Å². The van der Waals surface area contributed by atoms with Gasteiger partial charge in [0.2, 0.25) is 0 Å². The van der Waals surface area contributed by atoms with Crippen molar-refractivity contribution in [2.75, 3.05) is 20.7 Å². The minimum absolute atomic E-state index is 0.157. The topological polar surface area (TPSA) is 51.4 Å². The molecule has 2 N–H and O–H groups in total. The summed E-state index contributed by atoms with van der Waals surface area (Å²) in [6, 6.07) is 12.4. The van der Waals surface area contributed by atoms with Crippen molar-refractivity contribution in [3.63, 3.8) is 0 Å². The van der Waals surface area contributed by atoms with Crippen LogP contribution in [0, 0.1) is 6.92 Å². The van der Waals surface area contributed by atoms with Crippen molar-refractivity contribution in [1.82, 2.24) is 9.88 Å². The Morgan fingerprint density at radius 2 is 2.10 bits per heavy atom. The minimum Gasteiger partial charge on any atom is -0.497 e. The Balaban J connectivity index is 2.12. The van der Waals surface area contributed by atoms with Crippen molar-refractivity contribution in [2.45, 2.75) is 19.5 Å². The van der Waals surface area contributed by atoms with Crippen LogP contribution >= 0.6 is 0 Å². The molecule has 0 radical (unpaired) electrons. The van der Waals surface area contributed by atoms with Crippen LogP contribution < -0.4 is 10.5 Å². The molecule has 0 bridgehead atoms. The third-order valence-corrected chi connectivity index (χ3v) is 3.64. The number of methoxy groups -OCH3 is 1. The highest BCUT2D eigenvalue weighted by atomic mass is 16.5. The SMILES string of the molecule is COc1cccc(CN(C)C(CN)c2ccc(C)nc2)c1. The van der Waals surface area contributed by atoms with Crippen LogP contribution in [0.5, 0.6) is 5.75 Å². The molecule has 0 aliphatic heterocycles. The number of nitrogens with zero attached hydrogens (tertiary/aromatic N) is 2. The highest BCUT2D eigenvalue weighted by Crippen LogP contribution is 2.21. The quantitative estimate of drug-likeness (QED) is 0.886. The fourth-order valence-electron chi connectivity index (χ4n) is 2.42. The molecule has 0 amide bonds. The summed E-state index contributed by atoms with van der Waals surface area (Å²) in [5.74, 6) is 0.877. The van der Waals surface area contributed by atoms with E-state index in [9.17, 15) is 0 Å². The van der Waals surface area contributed by atoms with E-state index in [0.29, 0.717) is 6.54 Å². The van der Waals surface area contributed by atoms with Crippen molar-refractivity contribution in [2.24, 2.45) is 5.73 Å². The van der Waals surface area contributed by atoms with Gasteiger partial charge in [-0.3, -0.25) is 9.88 Å². The van der Waals surface area contributed by atoms with Crippen molar-refractivity contribution in [3.05, 3.63) is 59.4 Å². The summed E-state index contributed by atoms with van der Waals surface area (Å²) in [7, 11) is 3.76. The van der Waals surface area contributed by atoms with Gasteiger partial charge in [0, 0.05) is 31.0 Å². The van der Waals surface area contributed by atoms with Gasteiger partial charge in [0.05, 0.1) is 7.11 Å². The Morgan fingerprint density at radius 3 is 2.71 bits per heavy atom. The number of pyridine rings is 1. The van der Waals surface area contributed by atoms with Crippen LogP contribution in [-0.4, -0.2) is 30.6 Å². The average molecular weight is 285 g/mol. The molecule has 0 fully saturated rings. The lowest BCUT2D eigenvalue weighted by Crippen LogP contribution is -2.30. The summed E-state index contributed by atoms with van der Waals surface area (Å²) in [6.07, 6.45) is 1.91. The van der Waals surface area contributed by atoms with Gasteiger partial charge in [-0.1, -0.05) is 18.2 Å². The van der Waals surface area contributed by atoms with Crippen LogP contribution in [0.1, 0.15) is 22.9 Å². The molecule has 2 aromatic rings. The Hall–Kier alpha value is -1.91. The Bertz CT molecular complexity index is 569. The predicted molar refractivity (Wildman–Crippen MR) is 85.2 cm³/mol. The van der Waals surface area contributed by atoms with Crippen LogP contribution in [0.25, 0.3) is 0 Å². The van der Waals surface area contributed by atoms with Crippen molar-refractivity contribution >= 4 is 0 Å². The summed E-state index contributed by atoms with van der Waals surface area (Å²) in [5.41, 5.74) is 9.33. The normalized spacial score (nSPS) is 12.4. The average Bonchev–Trinajstić information content (AvgIpc) is 2.50. The number of nitrogens with two attached hydrogens (primary N) is 1. The molecule has 1 aromatic carbocycles. The molecule has 0 spiro atoms. The van der Waals surface area contributed by atoms with Crippen molar-refractivity contribution in [1.29, 1.82) is 0 Å².